The zero-order valence-electron chi connectivity index (χ0n) is 17.2. The van der Waals surface area contributed by atoms with E-state index in [1.165, 1.54) is 6.08 Å². The number of fused-ring (bicyclic) bond motifs is 1. The molecule has 0 aliphatic rings. The predicted octanol–water partition coefficient (Wildman–Crippen LogP) is 4.46. The fourth-order valence-electron chi connectivity index (χ4n) is 3.51. The molecule has 0 aliphatic heterocycles. The summed E-state index contributed by atoms with van der Waals surface area (Å²) >= 11 is 0. The van der Waals surface area contributed by atoms with Crippen molar-refractivity contribution >= 4 is 38.5 Å². The van der Waals surface area contributed by atoms with Gasteiger partial charge in [-0.1, -0.05) is 66.7 Å². The lowest BCUT2D eigenvalue weighted by Gasteiger charge is -2.11. The molecule has 160 valence electrons. The number of hydrogen-bond donors (Lipinski definition) is 2. The number of nitrogens with one attached hydrogen (secondary N) is 2. The van der Waals surface area contributed by atoms with Crippen LogP contribution in [0, 0.1) is 0 Å². The molecule has 0 unspecified atom stereocenters. The molecule has 4 aromatic rings. The highest BCUT2D eigenvalue weighted by molar-refractivity contribution is 7.92. The molecule has 0 radical (unpaired) electrons. The summed E-state index contributed by atoms with van der Waals surface area (Å²) in [6, 6.07) is 23.3. The van der Waals surface area contributed by atoms with Crippen LogP contribution in [-0.4, -0.2) is 25.4 Å². The number of rotatable bonds is 6. The van der Waals surface area contributed by atoms with Crippen LogP contribution in [0.1, 0.15) is 15.9 Å². The molecule has 6 nitrogen and oxygen atoms in total. The molecule has 1 heterocycles. The first kappa shape index (κ1) is 21.3. The number of aromatic amines is 1. The molecule has 3 aromatic carbocycles. The molecule has 32 heavy (non-hydrogen) atoms. The van der Waals surface area contributed by atoms with E-state index in [-0.39, 0.29) is 5.56 Å². The highest BCUT2D eigenvalue weighted by Gasteiger charge is 2.18. The Bertz CT molecular complexity index is 1490. The second kappa shape index (κ2) is 8.64. The second-order valence-corrected chi connectivity index (χ2v) is 9.06. The van der Waals surface area contributed by atoms with Crippen molar-refractivity contribution in [1.82, 2.24) is 4.98 Å². The second-order valence-electron chi connectivity index (χ2n) is 7.31. The van der Waals surface area contributed by atoms with E-state index in [4.69, 9.17) is 0 Å². The quantitative estimate of drug-likeness (QED) is 0.339. The number of sulfonamides is 1. The van der Waals surface area contributed by atoms with Crippen molar-refractivity contribution in [2.24, 2.45) is 0 Å². The first-order chi connectivity index (χ1) is 15.3. The van der Waals surface area contributed by atoms with Crippen LogP contribution in [0.2, 0.25) is 0 Å². The minimum Gasteiger partial charge on any atom is -0.321 e. The van der Waals surface area contributed by atoms with Gasteiger partial charge in [-0.05, 0) is 35.4 Å². The molecule has 1 aromatic heterocycles. The number of H-pyrrole nitrogens is 1. The molecule has 4 rings (SSSR count). The lowest BCUT2D eigenvalue weighted by atomic mass is 9.94. The third kappa shape index (κ3) is 4.68. The average Bonchev–Trinajstić information content (AvgIpc) is 2.77. The average molecular weight is 445 g/mol. The Morgan fingerprint density at radius 3 is 2.25 bits per heavy atom. The number of hydrogen-bond acceptors (Lipinski definition) is 4. The lowest BCUT2D eigenvalue weighted by molar-refractivity contribution is 0.104. The Morgan fingerprint density at radius 2 is 1.56 bits per heavy atom. The smallest absolute Gasteiger partial charge is 0.260 e. The molecule has 0 fully saturated rings. The summed E-state index contributed by atoms with van der Waals surface area (Å²) in [7, 11) is -3.37. The number of ketones is 1. The zero-order valence-corrected chi connectivity index (χ0v) is 18.0. The first-order valence-electron chi connectivity index (χ1n) is 9.82. The van der Waals surface area contributed by atoms with Crippen molar-refractivity contribution in [1.29, 1.82) is 0 Å². The van der Waals surface area contributed by atoms with Gasteiger partial charge in [-0.2, -0.15) is 0 Å². The Morgan fingerprint density at radius 1 is 0.906 bits per heavy atom. The highest BCUT2D eigenvalue weighted by Crippen LogP contribution is 2.29. The van der Waals surface area contributed by atoms with Gasteiger partial charge in [0.1, 0.15) is 0 Å². The van der Waals surface area contributed by atoms with Crippen LogP contribution in [0.15, 0.2) is 89.7 Å². The van der Waals surface area contributed by atoms with Crippen LogP contribution in [0.25, 0.3) is 28.1 Å². The molecule has 2 N–H and O–H groups in total. The predicted molar refractivity (Wildman–Crippen MR) is 128 cm³/mol. The summed E-state index contributed by atoms with van der Waals surface area (Å²) < 4.78 is 25.0. The summed E-state index contributed by atoms with van der Waals surface area (Å²) in [5.74, 6) is -0.422. The van der Waals surface area contributed by atoms with E-state index in [1.54, 1.807) is 36.4 Å². The standard InChI is InChI=1S/C25H20N2O4S/c1-32(30,31)27-19-14-11-17(12-15-19)13-16-22(28)24-23(18-7-3-2-4-8-18)20-9-5-6-10-21(20)26-25(24)29/h2-16,27H,1H3,(H,26,29)/b16-13+. The van der Waals surface area contributed by atoms with Crippen LogP contribution in [0.5, 0.6) is 0 Å². The van der Waals surface area contributed by atoms with Crippen molar-refractivity contribution in [2.75, 3.05) is 11.0 Å². The van der Waals surface area contributed by atoms with E-state index in [0.717, 1.165) is 17.2 Å². The molecule has 0 saturated carbocycles. The summed E-state index contributed by atoms with van der Waals surface area (Å²) in [4.78, 5) is 28.8. The molecule has 0 saturated heterocycles. The summed E-state index contributed by atoms with van der Waals surface area (Å²) in [6.45, 7) is 0. The molecule has 0 aliphatic carbocycles. The number of aromatic nitrogens is 1. The van der Waals surface area contributed by atoms with Crippen molar-refractivity contribution in [3.05, 3.63) is 106 Å². The zero-order chi connectivity index (χ0) is 22.7. The van der Waals surface area contributed by atoms with Crippen molar-refractivity contribution in [2.45, 2.75) is 0 Å². The summed E-state index contributed by atoms with van der Waals surface area (Å²) in [5, 5.41) is 0.784. The van der Waals surface area contributed by atoms with Gasteiger partial charge in [-0.3, -0.25) is 14.3 Å². The van der Waals surface area contributed by atoms with Gasteiger partial charge in [0.15, 0.2) is 5.78 Å². The molecule has 0 spiro atoms. The van der Waals surface area contributed by atoms with E-state index in [0.29, 0.717) is 22.3 Å². The third-order valence-electron chi connectivity index (χ3n) is 4.87. The fraction of sp³-hybridized carbons (Fsp3) is 0.0400. The molecule has 0 atom stereocenters. The largest absolute Gasteiger partial charge is 0.321 e. The fourth-order valence-corrected chi connectivity index (χ4v) is 4.08. The van der Waals surface area contributed by atoms with Gasteiger partial charge in [0.2, 0.25) is 10.0 Å². The number of allylic oxidation sites excluding steroid dienone is 1. The van der Waals surface area contributed by atoms with Crippen LogP contribution in [0.3, 0.4) is 0 Å². The maximum atomic E-state index is 13.1. The van der Waals surface area contributed by atoms with Gasteiger partial charge in [-0.15, -0.1) is 0 Å². The topological polar surface area (TPSA) is 96.1 Å². The molecular weight excluding hydrogens is 424 g/mol. The number of pyridine rings is 1. The number of para-hydroxylation sites is 1. The lowest BCUT2D eigenvalue weighted by Crippen LogP contribution is -2.18. The first-order valence-corrected chi connectivity index (χ1v) is 11.7. The molecular formula is C25H20N2O4S. The van der Waals surface area contributed by atoms with Gasteiger partial charge in [-0.25, -0.2) is 8.42 Å². The van der Waals surface area contributed by atoms with Crippen molar-refractivity contribution in [3.63, 3.8) is 0 Å². The van der Waals surface area contributed by atoms with E-state index in [9.17, 15) is 18.0 Å². The summed E-state index contributed by atoms with van der Waals surface area (Å²) in [6.07, 6.45) is 4.02. The molecule has 0 bridgehead atoms. The Kier molecular flexibility index (Phi) is 5.75. The maximum Gasteiger partial charge on any atom is 0.260 e. The number of anilines is 1. The number of carbonyl (C=O) groups excluding carboxylic acids is 1. The van der Waals surface area contributed by atoms with Gasteiger partial charge in [0.25, 0.3) is 5.56 Å². The normalized spacial score (nSPS) is 11.7. The van der Waals surface area contributed by atoms with E-state index in [1.807, 2.05) is 48.5 Å². The van der Waals surface area contributed by atoms with Crippen molar-refractivity contribution in [3.8, 4) is 11.1 Å². The van der Waals surface area contributed by atoms with Crippen LogP contribution < -0.4 is 10.3 Å². The highest BCUT2D eigenvalue weighted by atomic mass is 32.2. The molecule has 7 heteroatoms. The number of benzene rings is 3. The van der Waals surface area contributed by atoms with Gasteiger partial charge >= 0.3 is 0 Å². The van der Waals surface area contributed by atoms with Gasteiger partial charge in [0, 0.05) is 22.2 Å². The van der Waals surface area contributed by atoms with Crippen molar-refractivity contribution < 1.29 is 13.2 Å². The Labute approximate surface area is 185 Å². The number of carbonyl (C=O) groups is 1. The summed E-state index contributed by atoms with van der Waals surface area (Å²) in [5.41, 5.74) is 2.76. The third-order valence-corrected chi connectivity index (χ3v) is 5.48. The van der Waals surface area contributed by atoms with Crippen LogP contribution in [0.4, 0.5) is 5.69 Å². The maximum absolute atomic E-state index is 13.1. The Balaban J connectivity index is 1.74. The van der Waals surface area contributed by atoms with Crippen LogP contribution >= 0.6 is 0 Å². The van der Waals surface area contributed by atoms with Gasteiger partial charge < -0.3 is 4.98 Å². The Hall–Kier alpha value is -3.97. The minimum atomic E-state index is -3.37. The van der Waals surface area contributed by atoms with Gasteiger partial charge in [0.05, 0.1) is 11.8 Å². The van der Waals surface area contributed by atoms with Crippen LogP contribution in [-0.2, 0) is 10.0 Å². The minimum absolute atomic E-state index is 0.0708. The SMILES string of the molecule is CS(=O)(=O)Nc1ccc(/C=C/C(=O)c2c(-c3ccccc3)c3ccccc3[nH]c2=O)cc1. The van der Waals surface area contributed by atoms with E-state index in [2.05, 4.69) is 9.71 Å². The van der Waals surface area contributed by atoms with E-state index >= 15 is 0 Å². The van der Waals surface area contributed by atoms with E-state index < -0.39 is 21.4 Å². The molecule has 0 amide bonds. The monoisotopic (exact) mass is 444 g/mol.